The molecule has 7 nitrogen and oxygen atoms in total. The zero-order valence-electron chi connectivity index (χ0n) is 16.2. The summed E-state index contributed by atoms with van der Waals surface area (Å²) in [5, 5.41) is 2.99. The molecule has 1 amide bonds. The first-order valence-electron chi connectivity index (χ1n) is 9.42. The lowest BCUT2D eigenvalue weighted by Crippen LogP contribution is -2.46. The molecule has 0 spiro atoms. The second-order valence-electron chi connectivity index (χ2n) is 6.92. The molecule has 0 saturated carbocycles. The summed E-state index contributed by atoms with van der Waals surface area (Å²) < 4.78 is 31.7. The van der Waals surface area contributed by atoms with Crippen molar-refractivity contribution in [2.75, 3.05) is 20.2 Å². The Balaban J connectivity index is 1.55. The third kappa shape index (κ3) is 5.21. The van der Waals surface area contributed by atoms with Crippen LogP contribution in [0.5, 0.6) is 0 Å². The first kappa shape index (κ1) is 21.0. The summed E-state index contributed by atoms with van der Waals surface area (Å²) in [4.78, 5) is 23.8. The number of rotatable bonds is 6. The number of hydrogen-bond acceptors (Lipinski definition) is 5. The molecular formula is C21H24N2O5S. The number of ether oxygens (including phenoxy) is 1. The minimum atomic E-state index is -3.64. The number of nitrogens with one attached hydrogen (secondary N) is 1. The number of benzene rings is 2. The van der Waals surface area contributed by atoms with Gasteiger partial charge in [-0.2, -0.15) is 4.31 Å². The lowest BCUT2D eigenvalue weighted by molar-refractivity contribution is -0.121. The van der Waals surface area contributed by atoms with Crippen molar-refractivity contribution < 1.29 is 22.7 Å². The third-order valence-corrected chi connectivity index (χ3v) is 6.85. The van der Waals surface area contributed by atoms with E-state index in [0.29, 0.717) is 37.9 Å². The Labute approximate surface area is 170 Å². The Kier molecular flexibility index (Phi) is 6.66. The van der Waals surface area contributed by atoms with Gasteiger partial charge in [-0.05, 0) is 42.7 Å². The van der Waals surface area contributed by atoms with Gasteiger partial charge in [0.15, 0.2) is 0 Å². The molecule has 1 N–H and O–H groups in total. The third-order valence-electron chi connectivity index (χ3n) is 4.94. The SMILES string of the molecule is COC(=O)c1ccc(S(=O)(=O)N2CCC(NC(=O)Cc3ccccc3)CC2)cc1. The number of methoxy groups -OCH3 is 1. The number of amides is 1. The van der Waals surface area contributed by atoms with Crippen molar-refractivity contribution in [2.24, 2.45) is 0 Å². The summed E-state index contributed by atoms with van der Waals surface area (Å²) in [5.41, 5.74) is 1.24. The minimum Gasteiger partial charge on any atom is -0.465 e. The summed E-state index contributed by atoms with van der Waals surface area (Å²) >= 11 is 0. The molecule has 0 unspecified atom stereocenters. The van der Waals surface area contributed by atoms with Crippen LogP contribution in [-0.4, -0.2) is 50.8 Å². The van der Waals surface area contributed by atoms with E-state index in [9.17, 15) is 18.0 Å². The van der Waals surface area contributed by atoms with Gasteiger partial charge >= 0.3 is 5.97 Å². The second-order valence-corrected chi connectivity index (χ2v) is 8.86. The van der Waals surface area contributed by atoms with Crippen molar-refractivity contribution in [3.63, 3.8) is 0 Å². The van der Waals surface area contributed by atoms with Crippen molar-refractivity contribution in [1.29, 1.82) is 0 Å². The van der Waals surface area contributed by atoms with Crippen molar-refractivity contribution in [1.82, 2.24) is 9.62 Å². The highest BCUT2D eigenvalue weighted by Gasteiger charge is 2.30. The van der Waals surface area contributed by atoms with Gasteiger partial charge in [0.25, 0.3) is 0 Å². The van der Waals surface area contributed by atoms with Gasteiger partial charge in [-0.1, -0.05) is 30.3 Å². The molecule has 0 bridgehead atoms. The van der Waals surface area contributed by atoms with Crippen LogP contribution in [0.3, 0.4) is 0 Å². The number of hydrogen-bond donors (Lipinski definition) is 1. The topological polar surface area (TPSA) is 92.8 Å². The molecule has 2 aromatic carbocycles. The fraction of sp³-hybridized carbons (Fsp3) is 0.333. The number of carbonyl (C=O) groups is 2. The number of nitrogens with zero attached hydrogens (tertiary/aromatic N) is 1. The second kappa shape index (κ2) is 9.19. The maximum atomic E-state index is 12.8. The summed E-state index contributed by atoms with van der Waals surface area (Å²) in [7, 11) is -2.37. The van der Waals surface area contributed by atoms with E-state index < -0.39 is 16.0 Å². The average Bonchev–Trinajstić information content (AvgIpc) is 2.74. The summed E-state index contributed by atoms with van der Waals surface area (Å²) in [6.45, 7) is 0.661. The van der Waals surface area contributed by atoms with E-state index in [-0.39, 0.29) is 16.8 Å². The maximum Gasteiger partial charge on any atom is 0.337 e. The van der Waals surface area contributed by atoms with Crippen molar-refractivity contribution in [3.8, 4) is 0 Å². The van der Waals surface area contributed by atoms with Crippen LogP contribution < -0.4 is 5.32 Å². The summed E-state index contributed by atoms with van der Waals surface area (Å²) in [6, 6.07) is 15.2. The van der Waals surface area contributed by atoms with E-state index >= 15 is 0 Å². The van der Waals surface area contributed by atoms with Crippen LogP contribution in [0.4, 0.5) is 0 Å². The number of esters is 1. The molecule has 0 atom stereocenters. The van der Waals surface area contributed by atoms with Crippen LogP contribution in [0.2, 0.25) is 0 Å². The van der Waals surface area contributed by atoms with Gasteiger partial charge in [0.1, 0.15) is 0 Å². The van der Waals surface area contributed by atoms with Crippen molar-refractivity contribution in [2.45, 2.75) is 30.2 Å². The van der Waals surface area contributed by atoms with Crippen LogP contribution in [0.15, 0.2) is 59.5 Å². The average molecular weight is 416 g/mol. The monoisotopic (exact) mass is 416 g/mol. The molecule has 154 valence electrons. The van der Waals surface area contributed by atoms with Gasteiger partial charge in [-0.3, -0.25) is 4.79 Å². The number of piperidine rings is 1. The van der Waals surface area contributed by atoms with Crippen molar-refractivity contribution >= 4 is 21.9 Å². The largest absolute Gasteiger partial charge is 0.465 e. The Morgan fingerprint density at radius 3 is 2.24 bits per heavy atom. The smallest absolute Gasteiger partial charge is 0.337 e. The standard InChI is InChI=1S/C21H24N2O5S/c1-28-21(25)17-7-9-19(10-8-17)29(26,27)23-13-11-18(12-14-23)22-20(24)15-16-5-3-2-4-6-16/h2-10,18H,11-15H2,1H3,(H,22,24). The van der Waals surface area contributed by atoms with Gasteiger partial charge in [0.05, 0.1) is 24.0 Å². The van der Waals surface area contributed by atoms with E-state index in [1.54, 1.807) is 0 Å². The fourth-order valence-electron chi connectivity index (χ4n) is 3.33. The van der Waals surface area contributed by atoms with Crippen LogP contribution in [0.25, 0.3) is 0 Å². The molecule has 3 rings (SSSR count). The Hall–Kier alpha value is -2.71. The molecule has 1 saturated heterocycles. The van der Waals surface area contributed by atoms with E-state index in [1.165, 1.54) is 35.7 Å². The first-order valence-corrected chi connectivity index (χ1v) is 10.9. The van der Waals surface area contributed by atoms with Crippen LogP contribution in [0.1, 0.15) is 28.8 Å². The van der Waals surface area contributed by atoms with E-state index in [0.717, 1.165) is 5.56 Å². The predicted octanol–water partition coefficient (Wildman–Crippen LogP) is 1.99. The van der Waals surface area contributed by atoms with Crippen LogP contribution in [0, 0.1) is 0 Å². The molecule has 0 aromatic heterocycles. The van der Waals surface area contributed by atoms with Gasteiger partial charge in [-0.15, -0.1) is 0 Å². The Bertz CT molecular complexity index is 950. The number of sulfonamides is 1. The summed E-state index contributed by atoms with van der Waals surface area (Å²) in [5.74, 6) is -0.572. The zero-order valence-corrected chi connectivity index (χ0v) is 17.0. The van der Waals surface area contributed by atoms with Gasteiger partial charge in [-0.25, -0.2) is 13.2 Å². The molecule has 2 aromatic rings. The molecule has 1 heterocycles. The lowest BCUT2D eigenvalue weighted by Gasteiger charge is -2.31. The van der Waals surface area contributed by atoms with Crippen molar-refractivity contribution in [3.05, 3.63) is 65.7 Å². The minimum absolute atomic E-state index is 0.0423. The van der Waals surface area contributed by atoms with Crippen LogP contribution in [-0.2, 0) is 26.0 Å². The highest BCUT2D eigenvalue weighted by molar-refractivity contribution is 7.89. The first-order chi connectivity index (χ1) is 13.9. The summed E-state index contributed by atoms with van der Waals surface area (Å²) in [6.07, 6.45) is 1.42. The molecule has 1 aliphatic rings. The normalized spacial score (nSPS) is 15.6. The fourth-order valence-corrected chi connectivity index (χ4v) is 4.80. The highest BCUT2D eigenvalue weighted by Crippen LogP contribution is 2.21. The molecule has 29 heavy (non-hydrogen) atoms. The zero-order chi connectivity index (χ0) is 20.9. The Morgan fingerprint density at radius 2 is 1.66 bits per heavy atom. The molecule has 1 fully saturated rings. The quantitative estimate of drug-likeness (QED) is 0.727. The number of carbonyl (C=O) groups excluding carboxylic acids is 2. The van der Waals surface area contributed by atoms with Gasteiger partial charge < -0.3 is 10.1 Å². The molecule has 1 aliphatic heterocycles. The van der Waals surface area contributed by atoms with Gasteiger partial charge in [0, 0.05) is 19.1 Å². The molecular weight excluding hydrogens is 392 g/mol. The lowest BCUT2D eigenvalue weighted by atomic mass is 10.1. The van der Waals surface area contributed by atoms with E-state index in [1.807, 2.05) is 30.3 Å². The van der Waals surface area contributed by atoms with Crippen LogP contribution >= 0.6 is 0 Å². The molecule has 8 heteroatoms. The van der Waals surface area contributed by atoms with E-state index in [2.05, 4.69) is 10.1 Å². The maximum absolute atomic E-state index is 12.8. The van der Waals surface area contributed by atoms with E-state index in [4.69, 9.17) is 0 Å². The molecule has 0 radical (unpaired) electrons. The highest BCUT2D eigenvalue weighted by atomic mass is 32.2. The molecule has 0 aliphatic carbocycles. The Morgan fingerprint density at radius 1 is 1.03 bits per heavy atom. The van der Waals surface area contributed by atoms with Gasteiger partial charge in [0.2, 0.25) is 15.9 Å². The predicted molar refractivity (Wildman–Crippen MR) is 108 cm³/mol.